The van der Waals surface area contributed by atoms with Crippen LogP contribution in [0, 0.1) is 5.82 Å². The SMILES string of the molecule is [B]c1cc(C=O)c(F)c(OC)c1. The summed E-state index contributed by atoms with van der Waals surface area (Å²) in [7, 11) is 6.69. The van der Waals surface area contributed by atoms with Crippen LogP contribution in [0.1, 0.15) is 10.4 Å². The Hall–Kier alpha value is -1.32. The molecule has 0 heterocycles. The summed E-state index contributed by atoms with van der Waals surface area (Å²) in [6.45, 7) is 0. The topological polar surface area (TPSA) is 26.3 Å². The van der Waals surface area contributed by atoms with Crippen LogP contribution in [0.5, 0.6) is 5.75 Å². The monoisotopic (exact) mass is 164 g/mol. The highest BCUT2D eigenvalue weighted by atomic mass is 19.1. The molecule has 0 saturated carbocycles. The van der Waals surface area contributed by atoms with Crippen LogP contribution in [0.15, 0.2) is 12.1 Å². The molecule has 0 aliphatic heterocycles. The number of rotatable bonds is 2. The van der Waals surface area contributed by atoms with Crippen LogP contribution < -0.4 is 10.2 Å². The third-order valence-corrected chi connectivity index (χ3v) is 1.44. The summed E-state index contributed by atoms with van der Waals surface area (Å²) in [5, 5.41) is 0. The van der Waals surface area contributed by atoms with Gasteiger partial charge in [0.05, 0.1) is 12.7 Å². The summed E-state index contributed by atoms with van der Waals surface area (Å²) in [5.41, 5.74) is 0.210. The highest BCUT2D eigenvalue weighted by molar-refractivity contribution is 6.32. The Labute approximate surface area is 70.8 Å². The van der Waals surface area contributed by atoms with Gasteiger partial charge >= 0.3 is 0 Å². The van der Waals surface area contributed by atoms with Crippen LogP contribution >= 0.6 is 0 Å². The van der Waals surface area contributed by atoms with E-state index in [1.807, 2.05) is 0 Å². The first kappa shape index (κ1) is 8.78. The van der Waals surface area contributed by atoms with Crippen molar-refractivity contribution in [1.82, 2.24) is 0 Å². The molecule has 0 aliphatic carbocycles. The predicted molar refractivity (Wildman–Crippen MR) is 43.7 cm³/mol. The molecule has 1 aromatic carbocycles. The molecule has 0 N–H and O–H groups in total. The van der Waals surface area contributed by atoms with Crippen LogP contribution in [0.25, 0.3) is 0 Å². The van der Waals surface area contributed by atoms with E-state index in [0.29, 0.717) is 11.7 Å². The first-order chi connectivity index (χ1) is 5.69. The van der Waals surface area contributed by atoms with Crippen LogP contribution in [0.4, 0.5) is 4.39 Å². The van der Waals surface area contributed by atoms with E-state index in [4.69, 9.17) is 7.85 Å². The maximum atomic E-state index is 13.0. The molecule has 1 rings (SSSR count). The van der Waals surface area contributed by atoms with Gasteiger partial charge in [-0.1, -0.05) is 11.5 Å². The largest absolute Gasteiger partial charge is 0.494 e. The number of hydrogen-bond acceptors (Lipinski definition) is 2. The summed E-state index contributed by atoms with van der Waals surface area (Å²) in [5.74, 6) is -0.696. The fraction of sp³-hybridized carbons (Fsp3) is 0.125. The summed E-state index contributed by atoms with van der Waals surface area (Å²) in [6, 6.07) is 2.58. The van der Waals surface area contributed by atoms with Crippen molar-refractivity contribution in [3.63, 3.8) is 0 Å². The Bertz CT molecular complexity index is 312. The minimum atomic E-state index is -0.679. The van der Waals surface area contributed by atoms with Gasteiger partial charge in [0.2, 0.25) is 0 Å². The molecule has 0 saturated heterocycles. The molecule has 0 fully saturated rings. The lowest BCUT2D eigenvalue weighted by molar-refractivity contribution is 0.111. The Morgan fingerprint density at radius 3 is 2.75 bits per heavy atom. The lowest BCUT2D eigenvalue weighted by Crippen LogP contribution is -2.07. The molecular formula is C8H6BFO2. The molecule has 0 spiro atoms. The normalized spacial score (nSPS) is 9.50. The zero-order valence-corrected chi connectivity index (χ0v) is 6.50. The van der Waals surface area contributed by atoms with Crippen LogP contribution in [-0.4, -0.2) is 21.2 Å². The third-order valence-electron chi connectivity index (χ3n) is 1.44. The number of benzene rings is 1. The minimum absolute atomic E-state index is 0.0166. The van der Waals surface area contributed by atoms with Crippen LogP contribution in [0.2, 0.25) is 0 Å². The van der Waals surface area contributed by atoms with Crippen molar-refractivity contribution in [2.45, 2.75) is 0 Å². The van der Waals surface area contributed by atoms with Gasteiger partial charge in [-0.2, -0.15) is 0 Å². The van der Waals surface area contributed by atoms with Crippen molar-refractivity contribution in [3.8, 4) is 5.75 Å². The molecule has 2 nitrogen and oxygen atoms in total. The summed E-state index contributed by atoms with van der Waals surface area (Å²) in [4.78, 5) is 10.3. The molecule has 0 bridgehead atoms. The second-order valence-corrected chi connectivity index (χ2v) is 2.24. The molecule has 1 aromatic rings. The first-order valence-corrected chi connectivity index (χ1v) is 3.27. The van der Waals surface area contributed by atoms with Gasteiger partial charge in [-0.25, -0.2) is 4.39 Å². The van der Waals surface area contributed by atoms with E-state index in [-0.39, 0.29) is 11.3 Å². The highest BCUT2D eigenvalue weighted by Crippen LogP contribution is 2.16. The van der Waals surface area contributed by atoms with Crippen LogP contribution in [-0.2, 0) is 0 Å². The van der Waals surface area contributed by atoms with Crippen LogP contribution in [0.3, 0.4) is 0 Å². The van der Waals surface area contributed by atoms with E-state index in [2.05, 4.69) is 4.74 Å². The average Bonchev–Trinajstić information content (AvgIpc) is 2.08. The maximum Gasteiger partial charge on any atom is 0.175 e. The lowest BCUT2D eigenvalue weighted by Gasteiger charge is -2.04. The van der Waals surface area contributed by atoms with Crippen molar-refractivity contribution in [3.05, 3.63) is 23.5 Å². The number of carbonyl (C=O) groups excluding carboxylic acids is 1. The molecular weight excluding hydrogens is 158 g/mol. The Balaban J connectivity index is 3.31. The predicted octanol–water partition coefficient (Wildman–Crippen LogP) is 0.441. The number of carbonyl (C=O) groups is 1. The lowest BCUT2D eigenvalue weighted by atomic mass is 9.94. The fourth-order valence-corrected chi connectivity index (χ4v) is 0.876. The van der Waals surface area contributed by atoms with E-state index in [1.54, 1.807) is 0 Å². The number of aldehydes is 1. The van der Waals surface area contributed by atoms with Gasteiger partial charge in [-0.15, -0.1) is 0 Å². The molecule has 60 valence electrons. The van der Waals surface area contributed by atoms with Gasteiger partial charge in [-0.05, 0) is 6.07 Å². The van der Waals surface area contributed by atoms with E-state index in [9.17, 15) is 9.18 Å². The van der Waals surface area contributed by atoms with Gasteiger partial charge in [-0.3, -0.25) is 4.79 Å². The van der Waals surface area contributed by atoms with Crippen molar-refractivity contribution >= 4 is 19.6 Å². The van der Waals surface area contributed by atoms with Crippen molar-refractivity contribution in [2.75, 3.05) is 7.11 Å². The van der Waals surface area contributed by atoms with E-state index >= 15 is 0 Å². The van der Waals surface area contributed by atoms with Crippen molar-refractivity contribution < 1.29 is 13.9 Å². The van der Waals surface area contributed by atoms with E-state index in [1.165, 1.54) is 19.2 Å². The van der Waals surface area contributed by atoms with Gasteiger partial charge in [0, 0.05) is 0 Å². The molecule has 12 heavy (non-hydrogen) atoms. The number of ether oxygens (including phenoxy) is 1. The highest BCUT2D eigenvalue weighted by Gasteiger charge is 2.08. The Kier molecular flexibility index (Phi) is 2.48. The smallest absolute Gasteiger partial charge is 0.175 e. The van der Waals surface area contributed by atoms with Gasteiger partial charge in [0.15, 0.2) is 17.9 Å². The first-order valence-electron chi connectivity index (χ1n) is 3.27. The second kappa shape index (κ2) is 3.39. The zero-order valence-electron chi connectivity index (χ0n) is 6.50. The van der Waals surface area contributed by atoms with Crippen molar-refractivity contribution in [1.29, 1.82) is 0 Å². The Morgan fingerprint density at radius 1 is 1.58 bits per heavy atom. The van der Waals surface area contributed by atoms with Crippen molar-refractivity contribution in [2.24, 2.45) is 0 Å². The summed E-state index contributed by atoms with van der Waals surface area (Å²) in [6.07, 6.45) is 0.397. The second-order valence-electron chi connectivity index (χ2n) is 2.24. The molecule has 0 aliphatic rings. The average molecular weight is 164 g/mol. The molecule has 0 amide bonds. The number of methoxy groups -OCH3 is 1. The van der Waals surface area contributed by atoms with Gasteiger partial charge < -0.3 is 4.74 Å². The summed E-state index contributed by atoms with van der Waals surface area (Å²) < 4.78 is 17.7. The van der Waals surface area contributed by atoms with E-state index < -0.39 is 5.82 Å². The van der Waals surface area contributed by atoms with Gasteiger partial charge in [0.1, 0.15) is 7.85 Å². The number of halogens is 1. The zero-order chi connectivity index (χ0) is 9.14. The quantitative estimate of drug-likeness (QED) is 0.468. The summed E-state index contributed by atoms with van der Waals surface area (Å²) >= 11 is 0. The molecule has 0 atom stereocenters. The fourth-order valence-electron chi connectivity index (χ4n) is 0.876. The third kappa shape index (κ3) is 1.47. The molecule has 0 aromatic heterocycles. The van der Waals surface area contributed by atoms with E-state index in [0.717, 1.165) is 0 Å². The Morgan fingerprint density at radius 2 is 2.25 bits per heavy atom. The standard InChI is InChI=1S/C8H6BFO2/c1-12-7-3-6(9)2-5(4-11)8(7)10/h2-4H,1H3. The number of hydrogen-bond donors (Lipinski definition) is 0. The minimum Gasteiger partial charge on any atom is -0.494 e. The maximum absolute atomic E-state index is 13.0. The molecule has 4 heteroatoms. The van der Waals surface area contributed by atoms with Gasteiger partial charge in [0.25, 0.3) is 0 Å². The molecule has 2 radical (unpaired) electrons. The molecule has 0 unspecified atom stereocenters.